The van der Waals surface area contributed by atoms with Gasteiger partial charge in [0.25, 0.3) is 0 Å². The standard InChI is InChI=1S/C15H23BrN2O3/c1-10(2)12(18-14(19)21-15(3,4)5)9-20-13-7-6-11(16)8-17-13/h6-8,10,12H,9H2,1-5H3,(H,18,19)/t12-/m1/s1. The van der Waals surface area contributed by atoms with Crippen molar-refractivity contribution in [2.75, 3.05) is 6.61 Å². The number of carbonyl (C=O) groups is 1. The van der Waals surface area contributed by atoms with E-state index in [1.165, 1.54) is 0 Å². The maximum Gasteiger partial charge on any atom is 0.407 e. The molecule has 0 fully saturated rings. The molecule has 5 nitrogen and oxygen atoms in total. The van der Waals surface area contributed by atoms with Gasteiger partial charge in [-0.25, -0.2) is 9.78 Å². The Morgan fingerprint density at radius 1 is 1.38 bits per heavy atom. The average Bonchev–Trinajstić information content (AvgIpc) is 2.33. The molecule has 1 amide bonds. The van der Waals surface area contributed by atoms with Crippen molar-refractivity contribution in [2.45, 2.75) is 46.3 Å². The molecule has 0 bridgehead atoms. The van der Waals surface area contributed by atoms with E-state index in [1.54, 1.807) is 12.3 Å². The first kappa shape index (κ1) is 17.8. The molecule has 1 N–H and O–H groups in total. The van der Waals surface area contributed by atoms with Crippen molar-refractivity contribution in [2.24, 2.45) is 5.92 Å². The Morgan fingerprint density at radius 3 is 2.52 bits per heavy atom. The molecule has 1 aromatic heterocycles. The largest absolute Gasteiger partial charge is 0.475 e. The molecule has 0 aliphatic heterocycles. The fourth-order valence-corrected chi connectivity index (χ4v) is 1.72. The fraction of sp³-hybridized carbons (Fsp3) is 0.600. The van der Waals surface area contributed by atoms with Gasteiger partial charge in [-0.1, -0.05) is 13.8 Å². The van der Waals surface area contributed by atoms with Gasteiger partial charge in [0.05, 0.1) is 6.04 Å². The lowest BCUT2D eigenvalue weighted by molar-refractivity contribution is 0.0467. The van der Waals surface area contributed by atoms with E-state index in [-0.39, 0.29) is 12.0 Å². The third kappa shape index (κ3) is 7.32. The Morgan fingerprint density at radius 2 is 2.05 bits per heavy atom. The zero-order valence-electron chi connectivity index (χ0n) is 13.1. The van der Waals surface area contributed by atoms with Crippen molar-refractivity contribution in [3.63, 3.8) is 0 Å². The molecule has 0 unspecified atom stereocenters. The second-order valence-corrected chi connectivity index (χ2v) is 7.04. The van der Waals surface area contributed by atoms with Gasteiger partial charge in [0.1, 0.15) is 12.2 Å². The van der Waals surface area contributed by atoms with Crippen molar-refractivity contribution in [1.29, 1.82) is 0 Å². The number of hydrogen-bond acceptors (Lipinski definition) is 4. The number of aromatic nitrogens is 1. The van der Waals surface area contributed by atoms with Crippen LogP contribution in [0.25, 0.3) is 0 Å². The Bertz CT molecular complexity index is 455. The van der Waals surface area contributed by atoms with Crippen LogP contribution in [0.3, 0.4) is 0 Å². The zero-order valence-corrected chi connectivity index (χ0v) is 14.7. The van der Waals surface area contributed by atoms with Crippen LogP contribution >= 0.6 is 15.9 Å². The Kier molecular flexibility index (Phi) is 6.45. The lowest BCUT2D eigenvalue weighted by Gasteiger charge is -2.25. The third-order valence-electron chi connectivity index (χ3n) is 2.62. The number of ether oxygens (including phenoxy) is 2. The highest BCUT2D eigenvalue weighted by Crippen LogP contribution is 2.14. The molecule has 118 valence electrons. The first-order valence-electron chi connectivity index (χ1n) is 6.91. The van der Waals surface area contributed by atoms with Gasteiger partial charge >= 0.3 is 6.09 Å². The number of halogens is 1. The van der Waals surface area contributed by atoms with Gasteiger partial charge in [-0.3, -0.25) is 0 Å². The second kappa shape index (κ2) is 7.64. The number of nitrogens with one attached hydrogen (secondary N) is 1. The second-order valence-electron chi connectivity index (χ2n) is 6.12. The van der Waals surface area contributed by atoms with Crippen LogP contribution < -0.4 is 10.1 Å². The van der Waals surface area contributed by atoms with Gasteiger partial charge in [0.2, 0.25) is 5.88 Å². The predicted octanol–water partition coefficient (Wildman–Crippen LogP) is 3.77. The number of alkyl carbamates (subject to hydrolysis) is 1. The number of amides is 1. The number of rotatable bonds is 5. The highest BCUT2D eigenvalue weighted by Gasteiger charge is 2.22. The van der Waals surface area contributed by atoms with Crippen molar-refractivity contribution in [3.8, 4) is 5.88 Å². The molecule has 0 radical (unpaired) electrons. The first-order valence-corrected chi connectivity index (χ1v) is 7.70. The summed E-state index contributed by atoms with van der Waals surface area (Å²) in [6, 6.07) is 3.48. The molecule has 6 heteroatoms. The lowest BCUT2D eigenvalue weighted by Crippen LogP contribution is -2.45. The molecular weight excluding hydrogens is 336 g/mol. The minimum Gasteiger partial charge on any atom is -0.475 e. The van der Waals surface area contributed by atoms with Gasteiger partial charge < -0.3 is 14.8 Å². The minimum atomic E-state index is -0.514. The number of nitrogens with zero attached hydrogens (tertiary/aromatic N) is 1. The summed E-state index contributed by atoms with van der Waals surface area (Å²) in [5.74, 6) is 0.739. The van der Waals surface area contributed by atoms with E-state index in [1.807, 2.05) is 40.7 Å². The fourth-order valence-electron chi connectivity index (χ4n) is 1.48. The molecule has 0 spiro atoms. The van der Waals surface area contributed by atoms with Crippen LogP contribution in [-0.4, -0.2) is 29.3 Å². The lowest BCUT2D eigenvalue weighted by atomic mass is 10.1. The highest BCUT2D eigenvalue weighted by molar-refractivity contribution is 9.10. The summed E-state index contributed by atoms with van der Waals surface area (Å²) in [7, 11) is 0. The molecule has 0 saturated carbocycles. The Hall–Kier alpha value is -1.30. The molecule has 0 aromatic carbocycles. The summed E-state index contributed by atoms with van der Waals surface area (Å²) >= 11 is 3.32. The molecule has 1 atom stereocenters. The quantitative estimate of drug-likeness (QED) is 0.869. The summed E-state index contributed by atoms with van der Waals surface area (Å²) in [4.78, 5) is 16.0. The van der Waals surface area contributed by atoms with Crippen LogP contribution in [0, 0.1) is 5.92 Å². The van der Waals surface area contributed by atoms with Crippen LogP contribution in [0.2, 0.25) is 0 Å². The van der Waals surface area contributed by atoms with Crippen LogP contribution in [0.1, 0.15) is 34.6 Å². The Labute approximate surface area is 134 Å². The number of hydrogen-bond donors (Lipinski definition) is 1. The van der Waals surface area contributed by atoms with Crippen molar-refractivity contribution in [1.82, 2.24) is 10.3 Å². The minimum absolute atomic E-state index is 0.148. The first-order chi connectivity index (χ1) is 9.67. The van der Waals surface area contributed by atoms with E-state index in [4.69, 9.17) is 9.47 Å². The zero-order chi connectivity index (χ0) is 16.0. The molecule has 1 heterocycles. The van der Waals surface area contributed by atoms with Gasteiger partial charge in [-0.05, 0) is 48.7 Å². The molecule has 0 aliphatic carbocycles. The molecular formula is C15H23BrN2O3. The van der Waals surface area contributed by atoms with Crippen molar-refractivity contribution in [3.05, 3.63) is 22.8 Å². The van der Waals surface area contributed by atoms with E-state index in [0.717, 1.165) is 4.47 Å². The smallest absolute Gasteiger partial charge is 0.407 e. The molecule has 1 rings (SSSR count). The summed E-state index contributed by atoms with van der Waals surface area (Å²) in [6.45, 7) is 9.87. The summed E-state index contributed by atoms with van der Waals surface area (Å²) < 4.78 is 11.8. The molecule has 0 saturated heterocycles. The van der Waals surface area contributed by atoms with Crippen LogP contribution in [0.4, 0.5) is 4.79 Å². The summed E-state index contributed by atoms with van der Waals surface area (Å²) in [6.07, 6.45) is 1.23. The average molecular weight is 359 g/mol. The molecule has 21 heavy (non-hydrogen) atoms. The highest BCUT2D eigenvalue weighted by atomic mass is 79.9. The van der Waals surface area contributed by atoms with E-state index in [9.17, 15) is 4.79 Å². The summed E-state index contributed by atoms with van der Waals surface area (Å²) in [5, 5.41) is 2.83. The van der Waals surface area contributed by atoms with Gasteiger partial charge in [-0.15, -0.1) is 0 Å². The Balaban J connectivity index is 2.54. The SMILES string of the molecule is CC(C)[C@@H](COc1ccc(Br)cn1)NC(=O)OC(C)(C)C. The van der Waals surface area contributed by atoms with E-state index >= 15 is 0 Å². The van der Waals surface area contributed by atoms with E-state index in [2.05, 4.69) is 26.2 Å². The van der Waals surface area contributed by atoms with Gasteiger partial charge in [0.15, 0.2) is 0 Å². The van der Waals surface area contributed by atoms with Crippen molar-refractivity contribution < 1.29 is 14.3 Å². The third-order valence-corrected chi connectivity index (χ3v) is 3.09. The maximum absolute atomic E-state index is 11.8. The summed E-state index contributed by atoms with van der Waals surface area (Å²) in [5.41, 5.74) is -0.514. The molecule has 1 aromatic rings. The van der Waals surface area contributed by atoms with Crippen molar-refractivity contribution >= 4 is 22.0 Å². The van der Waals surface area contributed by atoms with Crippen LogP contribution in [0.5, 0.6) is 5.88 Å². The molecule has 0 aliphatic rings. The maximum atomic E-state index is 11.8. The monoisotopic (exact) mass is 358 g/mol. The number of pyridine rings is 1. The topological polar surface area (TPSA) is 60.5 Å². The van der Waals surface area contributed by atoms with Crippen LogP contribution in [-0.2, 0) is 4.74 Å². The van der Waals surface area contributed by atoms with Gasteiger partial charge in [0, 0.05) is 16.7 Å². The number of carbonyl (C=O) groups excluding carboxylic acids is 1. The van der Waals surface area contributed by atoms with E-state index in [0.29, 0.717) is 12.5 Å². The van der Waals surface area contributed by atoms with Gasteiger partial charge in [-0.2, -0.15) is 0 Å². The normalized spacial score (nSPS) is 12.9. The van der Waals surface area contributed by atoms with E-state index < -0.39 is 11.7 Å². The predicted molar refractivity (Wildman–Crippen MR) is 85.4 cm³/mol. The van der Waals surface area contributed by atoms with Crippen LogP contribution in [0.15, 0.2) is 22.8 Å².